The first kappa shape index (κ1) is 16.4. The molecule has 1 aromatic heterocycles. The molecule has 0 amide bonds. The number of Topliss-reactive ketones (excluding diaryl/α,β-unsaturated/α-hetero) is 1. The molecule has 0 radical (unpaired) electrons. The van der Waals surface area contributed by atoms with Gasteiger partial charge in [0.2, 0.25) is 0 Å². The summed E-state index contributed by atoms with van der Waals surface area (Å²) in [7, 11) is 0. The van der Waals surface area contributed by atoms with Crippen molar-refractivity contribution in [3.8, 4) is 28.6 Å². The lowest BCUT2D eigenvalue weighted by Crippen LogP contribution is -2.20. The lowest BCUT2D eigenvalue weighted by molar-refractivity contribution is 0.0850. The van der Waals surface area contributed by atoms with Crippen LogP contribution in [0, 0.1) is 0 Å². The van der Waals surface area contributed by atoms with Gasteiger partial charge in [-0.05, 0) is 60.2 Å². The van der Waals surface area contributed by atoms with Crippen LogP contribution in [0.2, 0.25) is 0 Å². The average molecular weight is 372 g/mol. The first-order valence-electron chi connectivity index (χ1n) is 8.92. The highest BCUT2D eigenvalue weighted by Crippen LogP contribution is 2.38. The van der Waals surface area contributed by atoms with Crippen LogP contribution in [0.15, 0.2) is 71.1 Å². The summed E-state index contributed by atoms with van der Waals surface area (Å²) in [6.45, 7) is 0. The van der Waals surface area contributed by atoms with Crippen LogP contribution >= 0.6 is 0 Å². The van der Waals surface area contributed by atoms with Crippen LogP contribution in [0.25, 0.3) is 22.3 Å². The van der Waals surface area contributed by atoms with E-state index in [-0.39, 0.29) is 23.7 Å². The van der Waals surface area contributed by atoms with Crippen molar-refractivity contribution in [3.05, 3.63) is 77.9 Å². The van der Waals surface area contributed by atoms with Crippen LogP contribution in [-0.4, -0.2) is 16.0 Å². The van der Waals surface area contributed by atoms with Crippen LogP contribution in [-0.2, 0) is 0 Å². The third-order valence-corrected chi connectivity index (χ3v) is 4.97. The van der Waals surface area contributed by atoms with Gasteiger partial charge in [-0.25, -0.2) is 0 Å². The van der Waals surface area contributed by atoms with Gasteiger partial charge in [-0.1, -0.05) is 6.07 Å². The van der Waals surface area contributed by atoms with Crippen molar-refractivity contribution < 1.29 is 24.2 Å². The molecule has 1 aliphatic rings. The molecule has 5 nitrogen and oxygen atoms in total. The second-order valence-corrected chi connectivity index (χ2v) is 6.87. The Morgan fingerprint density at radius 1 is 0.857 bits per heavy atom. The predicted octanol–water partition coefficient (Wildman–Crippen LogP) is 5.22. The van der Waals surface area contributed by atoms with Gasteiger partial charge in [0.1, 0.15) is 34.7 Å². The highest BCUT2D eigenvalue weighted by molar-refractivity contribution is 6.00. The maximum absolute atomic E-state index is 12.5. The highest BCUT2D eigenvalue weighted by atomic mass is 16.5. The maximum atomic E-state index is 12.5. The van der Waals surface area contributed by atoms with E-state index in [1.807, 2.05) is 24.3 Å². The molecule has 0 bridgehead atoms. The number of benzene rings is 3. The average Bonchev–Trinajstić information content (AvgIpc) is 3.11. The predicted molar refractivity (Wildman–Crippen MR) is 104 cm³/mol. The molecule has 2 heterocycles. The Labute approximate surface area is 160 Å². The van der Waals surface area contributed by atoms with E-state index < -0.39 is 6.10 Å². The smallest absolute Gasteiger partial charge is 0.170 e. The molecule has 4 aromatic rings. The van der Waals surface area contributed by atoms with Crippen molar-refractivity contribution in [2.75, 3.05) is 0 Å². The van der Waals surface area contributed by atoms with E-state index in [2.05, 4.69) is 0 Å². The molecule has 5 rings (SSSR count). The Hall–Kier alpha value is -3.73. The number of hydrogen-bond acceptors (Lipinski definition) is 5. The first-order valence-corrected chi connectivity index (χ1v) is 8.92. The maximum Gasteiger partial charge on any atom is 0.170 e. The summed E-state index contributed by atoms with van der Waals surface area (Å²) in [5.41, 5.74) is 2.96. The van der Waals surface area contributed by atoms with Gasteiger partial charge in [0.05, 0.1) is 12.0 Å². The Kier molecular flexibility index (Phi) is 3.62. The van der Waals surface area contributed by atoms with Crippen molar-refractivity contribution in [2.45, 2.75) is 12.5 Å². The second-order valence-electron chi connectivity index (χ2n) is 6.87. The number of ether oxygens (including phenoxy) is 1. The van der Waals surface area contributed by atoms with Crippen molar-refractivity contribution in [1.29, 1.82) is 0 Å². The van der Waals surface area contributed by atoms with Gasteiger partial charge in [0.25, 0.3) is 0 Å². The standard InChI is InChI=1S/C23H16O5/c24-16-4-1-13(2-5-16)21-10-15-9-14(3-8-20(15)27-21)22-12-19(26)18-7-6-17(25)11-23(18)28-22/h1-11,22,24-25H,12H2. The van der Waals surface area contributed by atoms with Gasteiger partial charge in [0.15, 0.2) is 5.78 Å². The third-order valence-electron chi connectivity index (χ3n) is 4.97. The fourth-order valence-corrected chi connectivity index (χ4v) is 3.53. The van der Waals surface area contributed by atoms with E-state index in [1.54, 1.807) is 30.3 Å². The summed E-state index contributed by atoms with van der Waals surface area (Å²) in [6, 6.07) is 19.0. The minimum absolute atomic E-state index is 0.0108. The molecular formula is C23H16O5. The quantitative estimate of drug-likeness (QED) is 0.504. The van der Waals surface area contributed by atoms with E-state index in [1.165, 1.54) is 12.1 Å². The number of ketones is 1. The third kappa shape index (κ3) is 2.77. The molecule has 0 fully saturated rings. The number of carbonyl (C=O) groups excluding carboxylic acids is 1. The molecule has 2 N–H and O–H groups in total. The number of hydrogen-bond donors (Lipinski definition) is 2. The molecule has 0 saturated heterocycles. The van der Waals surface area contributed by atoms with E-state index in [4.69, 9.17) is 9.15 Å². The summed E-state index contributed by atoms with van der Waals surface area (Å²) in [4.78, 5) is 12.5. The molecule has 3 aromatic carbocycles. The zero-order valence-corrected chi connectivity index (χ0v) is 14.8. The first-order chi connectivity index (χ1) is 13.6. The molecule has 138 valence electrons. The number of aromatic hydroxyl groups is 2. The summed E-state index contributed by atoms with van der Waals surface area (Å²) in [5.74, 6) is 1.35. The van der Waals surface area contributed by atoms with Gasteiger partial charge >= 0.3 is 0 Å². The van der Waals surface area contributed by atoms with Gasteiger partial charge in [-0.3, -0.25) is 4.79 Å². The molecule has 1 atom stereocenters. The zero-order chi connectivity index (χ0) is 19.3. The Morgan fingerprint density at radius 2 is 1.64 bits per heavy atom. The van der Waals surface area contributed by atoms with Crippen molar-refractivity contribution in [3.63, 3.8) is 0 Å². The topological polar surface area (TPSA) is 79.9 Å². The fourth-order valence-electron chi connectivity index (χ4n) is 3.53. The zero-order valence-electron chi connectivity index (χ0n) is 14.8. The lowest BCUT2D eigenvalue weighted by Gasteiger charge is -2.25. The molecule has 0 spiro atoms. The fraction of sp³-hybridized carbons (Fsp3) is 0.0870. The Morgan fingerprint density at radius 3 is 2.46 bits per heavy atom. The normalized spacial score (nSPS) is 16.0. The number of phenolic OH excluding ortho intramolecular Hbond substituents is 2. The van der Waals surface area contributed by atoms with Crippen LogP contribution in [0.4, 0.5) is 0 Å². The highest BCUT2D eigenvalue weighted by Gasteiger charge is 2.28. The Bertz CT molecular complexity index is 1200. The van der Waals surface area contributed by atoms with Crippen LogP contribution in [0.1, 0.15) is 28.4 Å². The van der Waals surface area contributed by atoms with E-state index in [0.29, 0.717) is 17.1 Å². The molecular weight excluding hydrogens is 356 g/mol. The number of furan rings is 1. The van der Waals surface area contributed by atoms with Crippen LogP contribution < -0.4 is 4.74 Å². The molecule has 0 aliphatic carbocycles. The number of carbonyl (C=O) groups is 1. The minimum Gasteiger partial charge on any atom is -0.508 e. The monoisotopic (exact) mass is 372 g/mol. The SMILES string of the molecule is O=C1CC(c2ccc3oc(-c4ccc(O)cc4)cc3c2)Oc2cc(O)ccc21. The molecule has 1 aliphatic heterocycles. The number of phenols is 2. The minimum atomic E-state index is -0.418. The van der Waals surface area contributed by atoms with Gasteiger partial charge in [-0.15, -0.1) is 0 Å². The summed E-state index contributed by atoms with van der Waals surface area (Å²) in [5, 5.41) is 20.0. The largest absolute Gasteiger partial charge is 0.508 e. The van der Waals surface area contributed by atoms with Crippen molar-refractivity contribution in [1.82, 2.24) is 0 Å². The van der Waals surface area contributed by atoms with Crippen LogP contribution in [0.3, 0.4) is 0 Å². The summed E-state index contributed by atoms with van der Waals surface area (Å²) < 4.78 is 11.9. The number of rotatable bonds is 2. The molecule has 5 heteroatoms. The summed E-state index contributed by atoms with van der Waals surface area (Å²) >= 11 is 0. The van der Waals surface area contributed by atoms with Crippen LogP contribution in [0.5, 0.6) is 17.2 Å². The second kappa shape index (κ2) is 6.16. The molecule has 28 heavy (non-hydrogen) atoms. The van der Waals surface area contributed by atoms with Crippen molar-refractivity contribution >= 4 is 16.8 Å². The van der Waals surface area contributed by atoms with E-state index in [0.717, 1.165) is 22.1 Å². The summed E-state index contributed by atoms with van der Waals surface area (Å²) in [6.07, 6.45) is -0.176. The number of fused-ring (bicyclic) bond motifs is 2. The van der Waals surface area contributed by atoms with Crippen molar-refractivity contribution in [2.24, 2.45) is 0 Å². The Balaban J connectivity index is 1.50. The van der Waals surface area contributed by atoms with Gasteiger partial charge in [0, 0.05) is 17.0 Å². The van der Waals surface area contributed by atoms with E-state index >= 15 is 0 Å². The van der Waals surface area contributed by atoms with Gasteiger partial charge in [-0.2, -0.15) is 0 Å². The molecule has 1 unspecified atom stereocenters. The lowest BCUT2D eigenvalue weighted by atomic mass is 9.95. The molecule has 0 saturated carbocycles. The van der Waals surface area contributed by atoms with Gasteiger partial charge < -0.3 is 19.4 Å². The van der Waals surface area contributed by atoms with E-state index in [9.17, 15) is 15.0 Å².